The summed E-state index contributed by atoms with van der Waals surface area (Å²) in [7, 11) is -3.77. The van der Waals surface area contributed by atoms with Crippen LogP contribution >= 0.6 is 7.75 Å². The molecule has 1 unspecified atom stereocenters. The minimum absolute atomic E-state index is 0.0511. The standard InChI is InChI=1S/C18H38NO5P/c1-2-3-4-5-6-7-8-9-10-11-12-13-14-17(20)18(21)16-15-24-25(22,23)19-16/h16-18,20-21H,2-15H2,1H3,(H2,19,22,23)/t16-,17+,18-/m0/s1. The Morgan fingerprint density at radius 1 is 0.960 bits per heavy atom. The number of aliphatic hydroxyl groups excluding tert-OH is 2. The van der Waals surface area contributed by atoms with E-state index in [-0.39, 0.29) is 6.61 Å². The van der Waals surface area contributed by atoms with Crippen LogP contribution in [-0.4, -0.2) is 40.0 Å². The Morgan fingerprint density at radius 2 is 1.44 bits per heavy atom. The molecule has 1 heterocycles. The summed E-state index contributed by atoms with van der Waals surface area (Å²) >= 11 is 0. The van der Waals surface area contributed by atoms with Gasteiger partial charge in [-0.1, -0.05) is 84.0 Å². The van der Waals surface area contributed by atoms with Gasteiger partial charge in [-0.05, 0) is 6.42 Å². The molecule has 1 fully saturated rings. The molecule has 0 amide bonds. The summed E-state index contributed by atoms with van der Waals surface area (Å²) in [6.45, 7) is 2.19. The first kappa shape index (κ1) is 23.1. The van der Waals surface area contributed by atoms with Gasteiger partial charge < -0.3 is 15.1 Å². The molecule has 0 bridgehead atoms. The predicted molar refractivity (Wildman–Crippen MR) is 100 cm³/mol. The van der Waals surface area contributed by atoms with Crippen LogP contribution in [0.2, 0.25) is 0 Å². The van der Waals surface area contributed by atoms with E-state index in [0.29, 0.717) is 6.42 Å². The van der Waals surface area contributed by atoms with Crippen molar-refractivity contribution in [2.24, 2.45) is 0 Å². The first-order chi connectivity index (χ1) is 12.0. The van der Waals surface area contributed by atoms with Gasteiger partial charge in [0.25, 0.3) is 0 Å². The second-order valence-corrected chi connectivity index (χ2v) is 8.84. The van der Waals surface area contributed by atoms with Gasteiger partial charge in [-0.15, -0.1) is 0 Å². The zero-order chi connectivity index (χ0) is 18.5. The minimum atomic E-state index is -3.77. The number of rotatable bonds is 15. The average molecular weight is 379 g/mol. The van der Waals surface area contributed by atoms with Gasteiger partial charge in [-0.3, -0.25) is 4.52 Å². The highest BCUT2D eigenvalue weighted by Gasteiger charge is 2.39. The Morgan fingerprint density at radius 3 is 1.88 bits per heavy atom. The van der Waals surface area contributed by atoms with Crippen LogP contribution in [0.5, 0.6) is 0 Å². The van der Waals surface area contributed by atoms with Crippen molar-refractivity contribution >= 4 is 7.75 Å². The lowest BCUT2D eigenvalue weighted by molar-refractivity contribution is -0.00719. The van der Waals surface area contributed by atoms with Gasteiger partial charge in [0, 0.05) is 0 Å². The van der Waals surface area contributed by atoms with Gasteiger partial charge in [-0.25, -0.2) is 9.65 Å². The van der Waals surface area contributed by atoms with Crippen LogP contribution in [0, 0.1) is 0 Å². The molecule has 1 saturated heterocycles. The van der Waals surface area contributed by atoms with Crippen LogP contribution in [0.25, 0.3) is 0 Å². The van der Waals surface area contributed by atoms with Crippen LogP contribution in [0.3, 0.4) is 0 Å². The second kappa shape index (κ2) is 13.2. The second-order valence-electron chi connectivity index (χ2n) is 7.29. The Balaban J connectivity index is 1.91. The van der Waals surface area contributed by atoms with E-state index in [0.717, 1.165) is 19.3 Å². The van der Waals surface area contributed by atoms with Gasteiger partial charge in [0.15, 0.2) is 0 Å². The Bertz CT molecular complexity index is 382. The normalized spacial score (nSPS) is 26.0. The number of hydrogen-bond acceptors (Lipinski definition) is 4. The summed E-state index contributed by atoms with van der Waals surface area (Å²) in [6.07, 6.45) is 13.6. The molecule has 0 radical (unpaired) electrons. The molecule has 6 nitrogen and oxygen atoms in total. The summed E-state index contributed by atoms with van der Waals surface area (Å²) in [5.74, 6) is 0. The fourth-order valence-electron chi connectivity index (χ4n) is 3.27. The maximum absolute atomic E-state index is 11.3. The fourth-order valence-corrected chi connectivity index (χ4v) is 4.36. The van der Waals surface area contributed by atoms with Crippen molar-refractivity contribution < 1.29 is 24.2 Å². The molecule has 0 aromatic rings. The zero-order valence-electron chi connectivity index (χ0n) is 15.7. The average Bonchev–Trinajstić information content (AvgIpc) is 2.95. The molecule has 0 saturated carbocycles. The van der Waals surface area contributed by atoms with Crippen LogP contribution in [0.15, 0.2) is 0 Å². The van der Waals surface area contributed by atoms with E-state index in [4.69, 9.17) is 0 Å². The highest BCUT2D eigenvalue weighted by molar-refractivity contribution is 7.50. The van der Waals surface area contributed by atoms with Crippen LogP contribution in [-0.2, 0) is 9.09 Å². The smallest absolute Gasteiger partial charge is 0.390 e. The van der Waals surface area contributed by atoms with Gasteiger partial charge in [0.1, 0.15) is 0 Å². The first-order valence-corrected chi connectivity index (χ1v) is 11.7. The summed E-state index contributed by atoms with van der Waals surface area (Å²) in [5, 5.41) is 22.3. The third kappa shape index (κ3) is 10.7. The quantitative estimate of drug-likeness (QED) is 0.254. The molecule has 4 N–H and O–H groups in total. The van der Waals surface area contributed by atoms with Gasteiger partial charge in [-0.2, -0.15) is 0 Å². The zero-order valence-corrected chi connectivity index (χ0v) is 16.6. The topological polar surface area (TPSA) is 99.0 Å². The molecule has 1 aliphatic heterocycles. The van der Waals surface area contributed by atoms with Crippen molar-refractivity contribution in [2.75, 3.05) is 6.61 Å². The van der Waals surface area contributed by atoms with Crippen molar-refractivity contribution in [3.63, 3.8) is 0 Å². The molecular formula is C18H38NO5P. The minimum Gasteiger partial charge on any atom is -0.390 e. The van der Waals surface area contributed by atoms with E-state index in [1.807, 2.05) is 0 Å². The fraction of sp³-hybridized carbons (Fsp3) is 1.00. The van der Waals surface area contributed by atoms with Gasteiger partial charge in [0.05, 0.1) is 24.9 Å². The molecule has 0 aromatic carbocycles. The molecule has 1 rings (SSSR count). The maximum Gasteiger partial charge on any atom is 0.403 e. The number of aliphatic hydroxyl groups is 2. The lowest BCUT2D eigenvalue weighted by atomic mass is 10.00. The summed E-state index contributed by atoms with van der Waals surface area (Å²) in [6, 6.07) is -0.678. The molecule has 150 valence electrons. The molecule has 7 heteroatoms. The summed E-state index contributed by atoms with van der Waals surface area (Å²) < 4.78 is 15.9. The largest absolute Gasteiger partial charge is 0.403 e. The summed E-state index contributed by atoms with van der Waals surface area (Å²) in [5.41, 5.74) is 0. The molecular weight excluding hydrogens is 341 g/mol. The highest BCUT2D eigenvalue weighted by atomic mass is 31.2. The monoisotopic (exact) mass is 379 g/mol. The number of unbranched alkanes of at least 4 members (excludes halogenated alkanes) is 11. The van der Waals surface area contributed by atoms with Crippen LogP contribution < -0.4 is 5.09 Å². The molecule has 4 atom stereocenters. The van der Waals surface area contributed by atoms with E-state index < -0.39 is 26.0 Å². The van der Waals surface area contributed by atoms with E-state index in [2.05, 4.69) is 16.5 Å². The SMILES string of the molecule is CCCCCCCCCCCCCC[C@@H](O)[C@@H](O)[C@@H]1COP(=O)(O)N1. The van der Waals surface area contributed by atoms with Crippen LogP contribution in [0.4, 0.5) is 0 Å². The molecule has 25 heavy (non-hydrogen) atoms. The van der Waals surface area contributed by atoms with Crippen molar-refractivity contribution in [1.82, 2.24) is 5.09 Å². The van der Waals surface area contributed by atoms with E-state index in [1.165, 1.54) is 57.8 Å². The van der Waals surface area contributed by atoms with E-state index in [9.17, 15) is 19.7 Å². The third-order valence-corrected chi connectivity index (χ3v) is 6.07. The van der Waals surface area contributed by atoms with Crippen LogP contribution in [0.1, 0.15) is 90.4 Å². The van der Waals surface area contributed by atoms with Gasteiger partial charge >= 0.3 is 7.75 Å². The molecule has 1 aliphatic rings. The van der Waals surface area contributed by atoms with Crippen molar-refractivity contribution in [3.8, 4) is 0 Å². The lowest BCUT2D eigenvalue weighted by Crippen LogP contribution is -2.43. The first-order valence-electron chi connectivity index (χ1n) is 10.1. The maximum atomic E-state index is 11.3. The van der Waals surface area contributed by atoms with Gasteiger partial charge in [0.2, 0.25) is 0 Å². The number of hydrogen-bond donors (Lipinski definition) is 4. The highest BCUT2D eigenvalue weighted by Crippen LogP contribution is 2.43. The molecule has 0 aromatic heterocycles. The predicted octanol–water partition coefficient (Wildman–Crippen LogP) is 3.89. The van der Waals surface area contributed by atoms with E-state index in [1.54, 1.807) is 0 Å². The third-order valence-electron chi connectivity index (χ3n) is 4.92. The van der Waals surface area contributed by atoms with Crippen molar-refractivity contribution in [1.29, 1.82) is 0 Å². The molecule has 0 aliphatic carbocycles. The lowest BCUT2D eigenvalue weighted by Gasteiger charge is -2.22. The molecule has 0 spiro atoms. The summed E-state index contributed by atoms with van der Waals surface area (Å²) in [4.78, 5) is 9.21. The van der Waals surface area contributed by atoms with Crippen molar-refractivity contribution in [2.45, 2.75) is 109 Å². The van der Waals surface area contributed by atoms with Crippen molar-refractivity contribution in [3.05, 3.63) is 0 Å². The van der Waals surface area contributed by atoms with E-state index >= 15 is 0 Å². The number of nitrogens with one attached hydrogen (secondary N) is 1. The Hall–Kier alpha value is 0.0300. The Labute approximate surface area is 153 Å². The Kier molecular flexibility index (Phi) is 12.2.